The minimum Gasteiger partial charge on any atom is -0.320 e. The lowest BCUT2D eigenvalue weighted by Gasteiger charge is -2.39. The van der Waals surface area contributed by atoms with Gasteiger partial charge in [0.15, 0.2) is 0 Å². The van der Waals surface area contributed by atoms with Crippen molar-refractivity contribution < 1.29 is 18.0 Å². The molecule has 2 aromatic carbocycles. The molecule has 6 nitrogen and oxygen atoms in total. The molecule has 2 saturated carbocycles. The number of carbonyl (C=O) groups excluding carboxylic acids is 1. The average Bonchev–Trinajstić information content (AvgIpc) is 3.63. The van der Waals surface area contributed by atoms with Crippen LogP contribution in [0.3, 0.4) is 0 Å². The second-order valence-electron chi connectivity index (χ2n) is 11.7. The van der Waals surface area contributed by atoms with Gasteiger partial charge in [-0.05, 0) is 85.9 Å². The molecule has 2 fully saturated rings. The third-order valence-corrected chi connectivity index (χ3v) is 9.02. The van der Waals surface area contributed by atoms with Crippen LogP contribution in [-0.2, 0) is 26.3 Å². The van der Waals surface area contributed by atoms with Crippen molar-refractivity contribution in [1.29, 1.82) is 0 Å². The van der Waals surface area contributed by atoms with Gasteiger partial charge in [0, 0.05) is 36.3 Å². The molecular formula is C30H34F3N5O. The first-order valence-corrected chi connectivity index (χ1v) is 13.9. The SMILES string of the molecule is Cn1cnnc1C(c1cccc(N2Cc3c(cc(CNC4(C)CCC4)cc3C(F)(F)F)C2=O)c1)C1CCCC1. The van der Waals surface area contributed by atoms with E-state index in [1.807, 2.05) is 35.9 Å². The molecule has 6 rings (SSSR count). The largest absolute Gasteiger partial charge is 0.416 e. The first-order chi connectivity index (χ1) is 18.6. The molecule has 2 heterocycles. The van der Waals surface area contributed by atoms with Crippen LogP contribution >= 0.6 is 0 Å². The fourth-order valence-electron chi connectivity index (χ4n) is 6.61. The number of aromatic nitrogens is 3. The van der Waals surface area contributed by atoms with Gasteiger partial charge in [-0.15, -0.1) is 10.2 Å². The molecule has 0 bridgehead atoms. The van der Waals surface area contributed by atoms with E-state index in [4.69, 9.17) is 0 Å². The summed E-state index contributed by atoms with van der Waals surface area (Å²) in [5.74, 6) is 0.891. The maximum atomic E-state index is 14.2. The highest BCUT2D eigenvalue weighted by Crippen LogP contribution is 2.43. The summed E-state index contributed by atoms with van der Waals surface area (Å²) in [5.41, 5.74) is 1.53. The van der Waals surface area contributed by atoms with Crippen LogP contribution in [-0.4, -0.2) is 26.2 Å². The lowest BCUT2D eigenvalue weighted by molar-refractivity contribution is -0.138. The first-order valence-electron chi connectivity index (χ1n) is 13.9. The smallest absolute Gasteiger partial charge is 0.320 e. The summed E-state index contributed by atoms with van der Waals surface area (Å²) in [6.07, 6.45) is 4.76. The lowest BCUT2D eigenvalue weighted by Crippen LogP contribution is -2.47. The summed E-state index contributed by atoms with van der Waals surface area (Å²) in [5, 5.41) is 11.9. The molecule has 0 spiro atoms. The highest BCUT2D eigenvalue weighted by atomic mass is 19.4. The second kappa shape index (κ2) is 9.77. The van der Waals surface area contributed by atoms with Gasteiger partial charge >= 0.3 is 6.18 Å². The minimum absolute atomic E-state index is 0.0105. The number of anilines is 1. The number of fused-ring (bicyclic) bond motifs is 1. The summed E-state index contributed by atoms with van der Waals surface area (Å²) in [6, 6.07) is 10.5. The fraction of sp³-hybridized carbons (Fsp3) is 0.500. The van der Waals surface area contributed by atoms with Crippen molar-refractivity contribution >= 4 is 11.6 Å². The molecule has 1 aromatic heterocycles. The molecule has 3 aromatic rings. The number of carbonyl (C=O) groups is 1. The van der Waals surface area contributed by atoms with Crippen LogP contribution in [0, 0.1) is 5.92 Å². The van der Waals surface area contributed by atoms with Gasteiger partial charge in [-0.3, -0.25) is 4.79 Å². The molecule has 1 amide bonds. The zero-order valence-corrected chi connectivity index (χ0v) is 22.4. The first kappa shape index (κ1) is 26.0. The number of hydrogen-bond acceptors (Lipinski definition) is 4. The average molecular weight is 538 g/mol. The third kappa shape index (κ3) is 4.86. The van der Waals surface area contributed by atoms with Crippen LogP contribution in [0.4, 0.5) is 18.9 Å². The second-order valence-corrected chi connectivity index (χ2v) is 11.7. The molecule has 1 unspecified atom stereocenters. The predicted octanol–water partition coefficient (Wildman–Crippen LogP) is 6.35. The Morgan fingerprint density at radius 2 is 1.90 bits per heavy atom. The maximum absolute atomic E-state index is 14.2. The van der Waals surface area contributed by atoms with Crippen LogP contribution in [0.25, 0.3) is 0 Å². The quantitative estimate of drug-likeness (QED) is 0.382. The van der Waals surface area contributed by atoms with Gasteiger partial charge in [0.05, 0.1) is 12.1 Å². The van der Waals surface area contributed by atoms with Gasteiger partial charge in [0.2, 0.25) is 0 Å². The monoisotopic (exact) mass is 537 g/mol. The van der Waals surface area contributed by atoms with Crippen LogP contribution < -0.4 is 10.2 Å². The van der Waals surface area contributed by atoms with Crippen molar-refractivity contribution in [2.45, 2.75) is 82.6 Å². The molecule has 1 atom stereocenters. The van der Waals surface area contributed by atoms with E-state index < -0.39 is 11.7 Å². The molecule has 206 valence electrons. The lowest BCUT2D eigenvalue weighted by atomic mass is 9.78. The standard InChI is InChI=1S/C30H34F3N5O/c1-29(11-6-12-29)34-16-19-13-23-24(25(14-19)30(31,32)33)17-38(28(23)39)22-10-5-9-21(15-22)26(20-7-3-4-8-20)27-36-35-18-37(27)2/h5,9-10,13-15,18,20,26,34H,3-4,6-8,11-12,16-17H2,1-2H3. The highest BCUT2D eigenvalue weighted by Gasteiger charge is 2.41. The summed E-state index contributed by atoms with van der Waals surface area (Å²) in [7, 11) is 1.93. The van der Waals surface area contributed by atoms with Crippen LogP contribution in [0.1, 0.15) is 96.2 Å². The van der Waals surface area contributed by atoms with E-state index in [0.29, 0.717) is 23.7 Å². The Bertz CT molecular complexity index is 1390. The molecule has 0 radical (unpaired) electrons. The van der Waals surface area contributed by atoms with Gasteiger partial charge in [-0.25, -0.2) is 0 Å². The molecule has 3 aliphatic rings. The van der Waals surface area contributed by atoms with Crippen molar-refractivity contribution in [3.63, 3.8) is 0 Å². The maximum Gasteiger partial charge on any atom is 0.416 e. The number of alkyl halides is 3. The van der Waals surface area contributed by atoms with Gasteiger partial charge in [0.25, 0.3) is 5.91 Å². The Morgan fingerprint density at radius 3 is 2.54 bits per heavy atom. The van der Waals surface area contributed by atoms with Crippen molar-refractivity contribution in [2.75, 3.05) is 4.90 Å². The molecule has 9 heteroatoms. The van der Waals surface area contributed by atoms with E-state index in [1.54, 1.807) is 12.4 Å². The molecule has 1 N–H and O–H groups in total. The number of benzene rings is 2. The summed E-state index contributed by atoms with van der Waals surface area (Å²) in [6.45, 7) is 2.29. The molecular weight excluding hydrogens is 503 g/mol. The van der Waals surface area contributed by atoms with E-state index >= 15 is 0 Å². The van der Waals surface area contributed by atoms with E-state index in [-0.39, 0.29) is 35.0 Å². The normalized spacial score (nSPS) is 19.8. The van der Waals surface area contributed by atoms with E-state index in [1.165, 1.54) is 11.0 Å². The Balaban J connectivity index is 1.33. The zero-order valence-electron chi connectivity index (χ0n) is 22.4. The van der Waals surface area contributed by atoms with E-state index in [9.17, 15) is 18.0 Å². The van der Waals surface area contributed by atoms with Crippen molar-refractivity contribution in [1.82, 2.24) is 20.1 Å². The van der Waals surface area contributed by atoms with Crippen molar-refractivity contribution in [2.24, 2.45) is 13.0 Å². The number of halogens is 3. The number of nitrogens with zero attached hydrogens (tertiary/aromatic N) is 4. The number of amides is 1. The fourth-order valence-corrected chi connectivity index (χ4v) is 6.61. The zero-order chi connectivity index (χ0) is 27.4. The molecule has 2 aliphatic carbocycles. The van der Waals surface area contributed by atoms with Crippen molar-refractivity contribution in [3.05, 3.63) is 76.4 Å². The summed E-state index contributed by atoms with van der Waals surface area (Å²) >= 11 is 0. The minimum atomic E-state index is -4.54. The van der Waals surface area contributed by atoms with Crippen molar-refractivity contribution in [3.8, 4) is 0 Å². The topological polar surface area (TPSA) is 63.1 Å². The van der Waals surface area contributed by atoms with Gasteiger partial charge < -0.3 is 14.8 Å². The Hall–Kier alpha value is -3.20. The van der Waals surface area contributed by atoms with Crippen LogP contribution in [0.5, 0.6) is 0 Å². The Kier molecular flexibility index (Phi) is 6.52. The Labute approximate surface area is 226 Å². The van der Waals surface area contributed by atoms with E-state index in [0.717, 1.165) is 56.3 Å². The number of aryl methyl sites for hydroxylation is 1. The van der Waals surface area contributed by atoms with Gasteiger partial charge in [-0.2, -0.15) is 13.2 Å². The third-order valence-electron chi connectivity index (χ3n) is 9.02. The Morgan fingerprint density at radius 1 is 1.13 bits per heavy atom. The molecule has 1 aliphatic heterocycles. The number of hydrogen-bond donors (Lipinski definition) is 1. The number of nitrogens with one attached hydrogen (secondary N) is 1. The van der Waals surface area contributed by atoms with E-state index in [2.05, 4.69) is 22.4 Å². The van der Waals surface area contributed by atoms with Gasteiger partial charge in [0.1, 0.15) is 12.2 Å². The molecule has 39 heavy (non-hydrogen) atoms. The molecule has 0 saturated heterocycles. The van der Waals surface area contributed by atoms with Crippen LogP contribution in [0.15, 0.2) is 42.7 Å². The highest BCUT2D eigenvalue weighted by molar-refractivity contribution is 6.10. The van der Waals surface area contributed by atoms with Crippen LogP contribution in [0.2, 0.25) is 0 Å². The summed E-state index contributed by atoms with van der Waals surface area (Å²) in [4.78, 5) is 15.1. The predicted molar refractivity (Wildman–Crippen MR) is 142 cm³/mol. The number of rotatable bonds is 7. The van der Waals surface area contributed by atoms with Gasteiger partial charge in [-0.1, -0.05) is 25.0 Å². The summed E-state index contributed by atoms with van der Waals surface area (Å²) < 4.78 is 44.5.